The molecule has 0 fully saturated rings. The lowest BCUT2D eigenvalue weighted by molar-refractivity contribution is -0.129. The Bertz CT molecular complexity index is 1570. The van der Waals surface area contributed by atoms with Crippen molar-refractivity contribution in [3.8, 4) is 11.6 Å². The molecule has 1 aromatic carbocycles. The fraction of sp³-hybridized carbons (Fsp3) is 0.308. The van der Waals surface area contributed by atoms with Crippen molar-refractivity contribution in [3.05, 3.63) is 54.4 Å². The highest BCUT2D eigenvalue weighted by Crippen LogP contribution is 2.23. The van der Waals surface area contributed by atoms with Gasteiger partial charge in [0.25, 0.3) is 0 Å². The van der Waals surface area contributed by atoms with E-state index in [9.17, 15) is 9.59 Å². The average Bonchev–Trinajstić information content (AvgIpc) is 3.70. The number of rotatable bonds is 12. The molecule has 0 bridgehead atoms. The summed E-state index contributed by atoms with van der Waals surface area (Å²) in [6.45, 7) is 0.580. The van der Waals surface area contributed by atoms with Crippen LogP contribution in [0.5, 0.6) is 0 Å². The van der Waals surface area contributed by atoms with E-state index >= 15 is 0 Å². The molecule has 13 nitrogen and oxygen atoms in total. The summed E-state index contributed by atoms with van der Waals surface area (Å²) in [5.74, 6) is 0.742. The Morgan fingerprint density at radius 2 is 1.74 bits per heavy atom. The largest absolute Gasteiger partial charge is 0.461 e. The molecular formula is C26H29N9O4. The van der Waals surface area contributed by atoms with Crippen LogP contribution in [0.15, 0.2) is 53.3 Å². The molecule has 5 rings (SSSR count). The van der Waals surface area contributed by atoms with Gasteiger partial charge in [-0.25, -0.2) is 15.1 Å². The fourth-order valence-corrected chi connectivity index (χ4v) is 4.32. The molecule has 2 amide bonds. The molecule has 4 aromatic heterocycles. The van der Waals surface area contributed by atoms with Crippen LogP contribution in [0.25, 0.3) is 28.3 Å². The van der Waals surface area contributed by atoms with Crippen LogP contribution in [0.1, 0.15) is 44.1 Å². The minimum absolute atomic E-state index is 0.0440. The van der Waals surface area contributed by atoms with Crippen molar-refractivity contribution >= 4 is 40.1 Å². The quantitative estimate of drug-likeness (QED) is 0.107. The molecule has 0 aliphatic heterocycles. The van der Waals surface area contributed by atoms with Gasteiger partial charge in [0.1, 0.15) is 0 Å². The number of hydrogen-bond acceptors (Lipinski definition) is 9. The molecule has 202 valence electrons. The topological polar surface area (TPSA) is 178 Å². The van der Waals surface area contributed by atoms with Gasteiger partial charge in [-0.15, -0.1) is 5.10 Å². The first kappa shape index (κ1) is 25.9. The summed E-state index contributed by atoms with van der Waals surface area (Å²) in [7, 11) is 0. The third kappa shape index (κ3) is 6.04. The van der Waals surface area contributed by atoms with E-state index in [4.69, 9.17) is 15.4 Å². The summed E-state index contributed by atoms with van der Waals surface area (Å²) in [5, 5.41) is 21.0. The first-order valence-corrected chi connectivity index (χ1v) is 12.7. The standard InChI is InChI=1S/C26H29N9O4/c27-26-31-24-19(25-30-23(32-35(25)26)20-6-5-15-39-20)16-28-34(24)14-13-17-9-11-18(12-10-17)29-21(36)7-3-1-2-4-8-22(37)33-38/h5-6,9-12,15-16,38H,1-4,7-8,13-14H2,(H2,27,31)(H,29,36)(H,33,37). The van der Waals surface area contributed by atoms with Gasteiger partial charge in [-0.3, -0.25) is 14.8 Å². The van der Waals surface area contributed by atoms with Gasteiger partial charge in [0, 0.05) is 25.1 Å². The second kappa shape index (κ2) is 11.7. The number of carbonyl (C=O) groups is 2. The Hall–Kier alpha value is -4.78. The van der Waals surface area contributed by atoms with E-state index in [0.29, 0.717) is 48.7 Å². The lowest BCUT2D eigenvalue weighted by Gasteiger charge is -2.08. The Kier molecular flexibility index (Phi) is 7.78. The second-order valence-electron chi connectivity index (χ2n) is 9.17. The first-order chi connectivity index (χ1) is 19.0. The van der Waals surface area contributed by atoms with Crippen LogP contribution in [-0.2, 0) is 22.6 Å². The number of furan rings is 1. The third-order valence-corrected chi connectivity index (χ3v) is 6.37. The number of nitrogens with zero attached hydrogens (tertiary/aromatic N) is 6. The van der Waals surface area contributed by atoms with E-state index in [1.165, 1.54) is 4.52 Å². The number of nitrogens with one attached hydrogen (secondary N) is 2. The molecule has 0 aliphatic rings. The van der Waals surface area contributed by atoms with Crippen molar-refractivity contribution in [2.75, 3.05) is 11.1 Å². The number of hydroxylamine groups is 1. The zero-order valence-corrected chi connectivity index (χ0v) is 21.2. The van der Waals surface area contributed by atoms with E-state index < -0.39 is 0 Å². The highest BCUT2D eigenvalue weighted by Gasteiger charge is 2.17. The van der Waals surface area contributed by atoms with Crippen LogP contribution >= 0.6 is 0 Å². The SMILES string of the molecule is Nc1nc2c(cnn2CCc2ccc(NC(=O)CCCCCCC(=O)NO)cc2)c2nc(-c3ccco3)nn12. The summed E-state index contributed by atoms with van der Waals surface area (Å²) in [6.07, 6.45) is 7.79. The van der Waals surface area contributed by atoms with Crippen molar-refractivity contribution in [1.29, 1.82) is 0 Å². The van der Waals surface area contributed by atoms with Gasteiger partial charge in [0.15, 0.2) is 17.1 Å². The van der Waals surface area contributed by atoms with Gasteiger partial charge in [-0.1, -0.05) is 25.0 Å². The molecule has 0 unspecified atom stereocenters. The number of anilines is 2. The maximum atomic E-state index is 12.2. The second-order valence-corrected chi connectivity index (χ2v) is 9.17. The van der Waals surface area contributed by atoms with E-state index in [1.54, 1.807) is 34.8 Å². The molecule has 0 atom stereocenters. The number of aryl methyl sites for hydroxylation is 2. The summed E-state index contributed by atoms with van der Waals surface area (Å²) in [4.78, 5) is 32.3. The third-order valence-electron chi connectivity index (χ3n) is 6.37. The number of benzene rings is 1. The van der Waals surface area contributed by atoms with Crippen LogP contribution in [0.4, 0.5) is 11.6 Å². The predicted molar refractivity (Wildman–Crippen MR) is 143 cm³/mol. The molecule has 5 aromatic rings. The number of nitrogen functional groups attached to an aromatic ring is 1. The van der Waals surface area contributed by atoms with E-state index in [-0.39, 0.29) is 24.2 Å². The monoisotopic (exact) mass is 531 g/mol. The zero-order chi connectivity index (χ0) is 27.2. The Morgan fingerprint density at radius 1 is 0.974 bits per heavy atom. The van der Waals surface area contributed by atoms with Crippen LogP contribution in [0, 0.1) is 0 Å². The number of unbranched alkanes of at least 4 members (excludes halogenated alkanes) is 3. The Labute approximate surface area is 223 Å². The summed E-state index contributed by atoms with van der Waals surface area (Å²) in [5.41, 5.74) is 10.8. The molecule has 5 N–H and O–H groups in total. The lowest BCUT2D eigenvalue weighted by Crippen LogP contribution is -2.17. The maximum absolute atomic E-state index is 12.2. The highest BCUT2D eigenvalue weighted by atomic mass is 16.5. The van der Waals surface area contributed by atoms with Gasteiger partial charge < -0.3 is 15.5 Å². The average molecular weight is 532 g/mol. The van der Waals surface area contributed by atoms with Crippen molar-refractivity contribution in [1.82, 2.24) is 34.8 Å². The van der Waals surface area contributed by atoms with Crippen molar-refractivity contribution in [2.24, 2.45) is 0 Å². The van der Waals surface area contributed by atoms with Crippen LogP contribution in [-0.4, -0.2) is 46.4 Å². The van der Waals surface area contributed by atoms with Gasteiger partial charge in [0.2, 0.25) is 23.6 Å². The molecule has 4 heterocycles. The number of fused-ring (bicyclic) bond motifs is 3. The molecule has 0 radical (unpaired) electrons. The summed E-state index contributed by atoms with van der Waals surface area (Å²) < 4.78 is 8.68. The van der Waals surface area contributed by atoms with Crippen LogP contribution in [0.2, 0.25) is 0 Å². The number of amides is 2. The maximum Gasteiger partial charge on any atom is 0.243 e. The lowest BCUT2D eigenvalue weighted by atomic mass is 10.1. The van der Waals surface area contributed by atoms with E-state index in [0.717, 1.165) is 35.9 Å². The Balaban J connectivity index is 1.14. The summed E-state index contributed by atoms with van der Waals surface area (Å²) >= 11 is 0. The molecule has 0 spiro atoms. The minimum atomic E-state index is -0.385. The van der Waals surface area contributed by atoms with Gasteiger partial charge in [0.05, 0.1) is 17.8 Å². The highest BCUT2D eigenvalue weighted by molar-refractivity contribution is 5.91. The van der Waals surface area contributed by atoms with E-state index in [1.807, 2.05) is 24.3 Å². The summed E-state index contributed by atoms with van der Waals surface area (Å²) in [6, 6.07) is 11.3. The smallest absolute Gasteiger partial charge is 0.243 e. The minimum Gasteiger partial charge on any atom is -0.461 e. The molecule has 39 heavy (non-hydrogen) atoms. The van der Waals surface area contributed by atoms with Gasteiger partial charge >= 0.3 is 0 Å². The van der Waals surface area contributed by atoms with Crippen molar-refractivity contribution in [2.45, 2.75) is 51.5 Å². The Morgan fingerprint density at radius 3 is 2.46 bits per heavy atom. The van der Waals surface area contributed by atoms with Gasteiger partial charge in [-0.2, -0.15) is 14.6 Å². The number of nitrogens with two attached hydrogens (primary N) is 1. The number of carbonyl (C=O) groups excluding carboxylic acids is 2. The normalized spacial score (nSPS) is 11.3. The van der Waals surface area contributed by atoms with Crippen LogP contribution in [0.3, 0.4) is 0 Å². The molecule has 13 heteroatoms. The van der Waals surface area contributed by atoms with Crippen molar-refractivity contribution in [3.63, 3.8) is 0 Å². The van der Waals surface area contributed by atoms with Crippen LogP contribution < -0.4 is 16.5 Å². The zero-order valence-electron chi connectivity index (χ0n) is 21.2. The van der Waals surface area contributed by atoms with Gasteiger partial charge in [-0.05, 0) is 49.1 Å². The number of aromatic nitrogens is 6. The number of hydrogen-bond donors (Lipinski definition) is 4. The van der Waals surface area contributed by atoms with E-state index in [2.05, 4.69) is 25.5 Å². The fourth-order valence-electron chi connectivity index (χ4n) is 4.32. The molecule has 0 aliphatic carbocycles. The first-order valence-electron chi connectivity index (χ1n) is 12.7. The molecule has 0 saturated heterocycles. The molecular weight excluding hydrogens is 502 g/mol. The predicted octanol–water partition coefficient (Wildman–Crippen LogP) is 3.34. The molecule has 0 saturated carbocycles. The van der Waals surface area contributed by atoms with Crippen molar-refractivity contribution < 1.29 is 19.2 Å².